The van der Waals surface area contributed by atoms with Crippen LogP contribution in [-0.4, -0.2) is 42.0 Å². The molecule has 0 bridgehead atoms. The van der Waals surface area contributed by atoms with Crippen molar-refractivity contribution in [2.75, 3.05) is 31.5 Å². The molecular weight excluding hydrogens is 357 g/mol. The topological polar surface area (TPSA) is 35.6 Å². The molecule has 2 aromatic carbocycles. The fourth-order valence-electron chi connectivity index (χ4n) is 3.04. The van der Waals surface area contributed by atoms with Crippen LogP contribution in [0, 0.1) is 0 Å². The van der Waals surface area contributed by atoms with Crippen molar-refractivity contribution in [1.29, 1.82) is 0 Å². The highest BCUT2D eigenvalue weighted by Gasteiger charge is 2.25. The number of nitrogens with one attached hydrogen (secondary N) is 1. The molecule has 1 heterocycles. The molecule has 0 saturated carbocycles. The minimum absolute atomic E-state index is 0.142. The van der Waals surface area contributed by atoms with Crippen LogP contribution in [0.1, 0.15) is 18.5 Å². The largest absolute Gasteiger partial charge is 0.322 e. The van der Waals surface area contributed by atoms with Crippen molar-refractivity contribution in [3.63, 3.8) is 0 Å². The minimum atomic E-state index is -0.142. The monoisotopic (exact) mass is 377 g/mol. The summed E-state index contributed by atoms with van der Waals surface area (Å²) in [5, 5.41) is 3.87. The highest BCUT2D eigenvalue weighted by Crippen LogP contribution is 2.26. The van der Waals surface area contributed by atoms with Crippen molar-refractivity contribution in [2.45, 2.75) is 13.0 Å². The van der Waals surface area contributed by atoms with E-state index >= 15 is 0 Å². The number of anilines is 1. The zero-order chi connectivity index (χ0) is 17.8. The van der Waals surface area contributed by atoms with Gasteiger partial charge in [-0.1, -0.05) is 53.5 Å². The normalized spacial score (nSPS) is 16.5. The van der Waals surface area contributed by atoms with E-state index in [4.69, 9.17) is 23.2 Å². The molecule has 4 nitrogen and oxygen atoms in total. The number of nitrogens with zero attached hydrogens (tertiary/aromatic N) is 2. The summed E-state index contributed by atoms with van der Waals surface area (Å²) in [6, 6.07) is 15.7. The van der Waals surface area contributed by atoms with E-state index in [0.717, 1.165) is 13.1 Å². The van der Waals surface area contributed by atoms with Gasteiger partial charge in [0.2, 0.25) is 0 Å². The third-order valence-electron chi connectivity index (χ3n) is 4.60. The minimum Gasteiger partial charge on any atom is -0.322 e. The van der Waals surface area contributed by atoms with Crippen molar-refractivity contribution in [3.8, 4) is 0 Å². The molecule has 6 heteroatoms. The van der Waals surface area contributed by atoms with Crippen LogP contribution in [0.15, 0.2) is 48.5 Å². The van der Waals surface area contributed by atoms with Crippen LogP contribution >= 0.6 is 23.2 Å². The van der Waals surface area contributed by atoms with Gasteiger partial charge in [0.05, 0.1) is 10.7 Å². The average Bonchev–Trinajstić information content (AvgIpc) is 2.65. The van der Waals surface area contributed by atoms with Crippen LogP contribution < -0.4 is 5.32 Å². The Hall–Kier alpha value is -1.75. The zero-order valence-electron chi connectivity index (χ0n) is 14.1. The van der Waals surface area contributed by atoms with E-state index in [9.17, 15) is 4.79 Å². The van der Waals surface area contributed by atoms with Crippen LogP contribution in [0.25, 0.3) is 0 Å². The van der Waals surface area contributed by atoms with E-state index in [1.54, 1.807) is 18.2 Å². The van der Waals surface area contributed by atoms with Gasteiger partial charge in [-0.25, -0.2) is 4.79 Å². The lowest BCUT2D eigenvalue weighted by atomic mass is 10.1. The summed E-state index contributed by atoms with van der Waals surface area (Å²) >= 11 is 12.1. The number of carbonyl (C=O) groups is 1. The van der Waals surface area contributed by atoms with Crippen LogP contribution in [0.4, 0.5) is 10.5 Å². The van der Waals surface area contributed by atoms with Gasteiger partial charge in [-0.05, 0) is 30.7 Å². The number of hydrogen-bond donors (Lipinski definition) is 1. The van der Waals surface area contributed by atoms with Crippen LogP contribution in [-0.2, 0) is 0 Å². The highest BCUT2D eigenvalue weighted by atomic mass is 35.5. The molecular formula is C19H21Cl2N3O. The molecule has 132 valence electrons. The van der Waals surface area contributed by atoms with Gasteiger partial charge in [0, 0.05) is 37.2 Å². The zero-order valence-corrected chi connectivity index (χ0v) is 15.6. The van der Waals surface area contributed by atoms with E-state index in [-0.39, 0.29) is 6.03 Å². The van der Waals surface area contributed by atoms with Gasteiger partial charge < -0.3 is 10.2 Å². The summed E-state index contributed by atoms with van der Waals surface area (Å²) in [5.41, 5.74) is 1.84. The standard InChI is InChI=1S/C19H21Cl2N3O/c1-14(15-5-3-2-4-6-15)23-9-11-24(12-10-23)19(25)22-18-13-16(20)7-8-17(18)21/h2-8,13-14H,9-12H2,1H3,(H,22,25). The second-order valence-corrected chi connectivity index (χ2v) is 7.01. The lowest BCUT2D eigenvalue weighted by Gasteiger charge is -2.38. The maximum absolute atomic E-state index is 12.5. The lowest BCUT2D eigenvalue weighted by molar-refractivity contribution is 0.119. The Balaban J connectivity index is 1.56. The third-order valence-corrected chi connectivity index (χ3v) is 5.17. The first-order chi connectivity index (χ1) is 12.0. The molecule has 0 radical (unpaired) electrons. The first-order valence-electron chi connectivity index (χ1n) is 8.34. The van der Waals surface area contributed by atoms with Crippen molar-refractivity contribution in [2.24, 2.45) is 0 Å². The fourth-order valence-corrected chi connectivity index (χ4v) is 3.38. The fraction of sp³-hybridized carbons (Fsp3) is 0.316. The first kappa shape index (κ1) is 18.1. The summed E-state index contributed by atoms with van der Waals surface area (Å²) in [6.07, 6.45) is 0. The third kappa shape index (κ3) is 4.46. The molecule has 3 rings (SSSR count). The van der Waals surface area contributed by atoms with E-state index in [1.165, 1.54) is 5.56 Å². The Kier molecular flexibility index (Phi) is 5.84. The molecule has 1 saturated heterocycles. The highest BCUT2D eigenvalue weighted by molar-refractivity contribution is 6.35. The number of urea groups is 1. The van der Waals surface area contributed by atoms with Crippen molar-refractivity contribution in [1.82, 2.24) is 9.80 Å². The van der Waals surface area contributed by atoms with E-state index in [2.05, 4.69) is 41.4 Å². The molecule has 1 aliphatic rings. The summed E-state index contributed by atoms with van der Waals surface area (Å²) < 4.78 is 0. The second kappa shape index (κ2) is 8.09. The summed E-state index contributed by atoms with van der Waals surface area (Å²) in [4.78, 5) is 16.7. The molecule has 1 atom stereocenters. The first-order valence-corrected chi connectivity index (χ1v) is 9.10. The Morgan fingerprint density at radius 3 is 2.40 bits per heavy atom. The second-order valence-electron chi connectivity index (χ2n) is 6.16. The van der Waals surface area contributed by atoms with Gasteiger partial charge >= 0.3 is 6.03 Å². The smallest absolute Gasteiger partial charge is 0.321 e. The number of halogens is 2. The summed E-state index contributed by atoms with van der Waals surface area (Å²) in [5.74, 6) is 0. The van der Waals surface area contributed by atoms with Crippen molar-refractivity contribution >= 4 is 34.9 Å². The Morgan fingerprint density at radius 2 is 1.72 bits per heavy atom. The molecule has 1 aliphatic heterocycles. The molecule has 1 unspecified atom stereocenters. The Labute approximate surface area is 158 Å². The molecule has 1 fully saturated rings. The number of benzene rings is 2. The maximum Gasteiger partial charge on any atom is 0.321 e. The molecule has 0 aliphatic carbocycles. The maximum atomic E-state index is 12.5. The summed E-state index contributed by atoms with van der Waals surface area (Å²) in [6.45, 7) is 5.25. The number of amides is 2. The van der Waals surface area contributed by atoms with Crippen molar-refractivity contribution < 1.29 is 4.79 Å². The number of hydrogen-bond acceptors (Lipinski definition) is 2. The van der Waals surface area contributed by atoms with E-state index in [1.807, 2.05) is 11.0 Å². The van der Waals surface area contributed by atoms with Gasteiger partial charge in [-0.15, -0.1) is 0 Å². The van der Waals surface area contributed by atoms with Gasteiger partial charge in [-0.2, -0.15) is 0 Å². The quantitative estimate of drug-likeness (QED) is 0.824. The van der Waals surface area contributed by atoms with Gasteiger partial charge in [0.1, 0.15) is 0 Å². The molecule has 25 heavy (non-hydrogen) atoms. The molecule has 0 spiro atoms. The molecule has 2 amide bonds. The Bertz CT molecular complexity index is 731. The van der Waals surface area contributed by atoms with Crippen molar-refractivity contribution in [3.05, 3.63) is 64.1 Å². The average molecular weight is 378 g/mol. The van der Waals surface area contributed by atoms with Gasteiger partial charge in [-0.3, -0.25) is 4.90 Å². The van der Waals surface area contributed by atoms with Gasteiger partial charge in [0.15, 0.2) is 0 Å². The van der Waals surface area contributed by atoms with Crippen LogP contribution in [0.2, 0.25) is 10.0 Å². The Morgan fingerprint density at radius 1 is 1.04 bits per heavy atom. The molecule has 1 N–H and O–H groups in total. The predicted molar refractivity (Wildman–Crippen MR) is 103 cm³/mol. The van der Waals surface area contributed by atoms with Crippen LogP contribution in [0.5, 0.6) is 0 Å². The summed E-state index contributed by atoms with van der Waals surface area (Å²) in [7, 11) is 0. The van der Waals surface area contributed by atoms with Crippen LogP contribution in [0.3, 0.4) is 0 Å². The lowest BCUT2D eigenvalue weighted by Crippen LogP contribution is -2.50. The number of piperazine rings is 1. The molecule has 2 aromatic rings. The SMILES string of the molecule is CC(c1ccccc1)N1CCN(C(=O)Nc2cc(Cl)ccc2Cl)CC1. The molecule has 0 aromatic heterocycles. The van der Waals surface area contributed by atoms with Gasteiger partial charge in [0.25, 0.3) is 0 Å². The van der Waals surface area contributed by atoms with E-state index < -0.39 is 0 Å². The van der Waals surface area contributed by atoms with E-state index in [0.29, 0.717) is 34.9 Å². The number of carbonyl (C=O) groups excluding carboxylic acids is 1. The number of rotatable bonds is 3. The predicted octanol–water partition coefficient (Wildman–Crippen LogP) is 4.90.